The van der Waals surface area contributed by atoms with E-state index in [0.29, 0.717) is 12.2 Å². The molecule has 0 aromatic carbocycles. The van der Waals surface area contributed by atoms with Crippen LogP contribution in [-0.2, 0) is 7.05 Å². The number of aryl methyl sites for hydroxylation is 2. The van der Waals surface area contributed by atoms with Crippen LogP contribution in [0.5, 0.6) is 0 Å². The number of aliphatic hydroxyl groups is 1. The number of nitrogen functional groups attached to an aromatic ring is 1. The highest BCUT2D eigenvalue weighted by molar-refractivity contribution is 5.66. The molecule has 0 saturated carbocycles. The van der Waals surface area contributed by atoms with Gasteiger partial charge in [0.05, 0.1) is 18.0 Å². The summed E-state index contributed by atoms with van der Waals surface area (Å²) in [5, 5.41) is 13.1. The molecule has 1 aromatic rings. The number of aromatic nitrogens is 2. The first kappa shape index (κ1) is 10.8. The minimum absolute atomic E-state index is 0.123. The van der Waals surface area contributed by atoms with Gasteiger partial charge in [0, 0.05) is 20.1 Å². The van der Waals surface area contributed by atoms with Gasteiger partial charge in [0.2, 0.25) is 0 Å². The lowest BCUT2D eigenvalue weighted by Gasteiger charge is -2.22. The second-order valence-electron chi connectivity index (χ2n) is 3.25. The molecule has 0 aliphatic carbocycles. The van der Waals surface area contributed by atoms with E-state index in [1.54, 1.807) is 4.68 Å². The molecule has 14 heavy (non-hydrogen) atoms. The normalized spacial score (nSPS) is 10.6. The summed E-state index contributed by atoms with van der Waals surface area (Å²) in [5.41, 5.74) is 7.43. The fourth-order valence-electron chi connectivity index (χ4n) is 1.57. The Morgan fingerprint density at radius 1 is 1.57 bits per heavy atom. The summed E-state index contributed by atoms with van der Waals surface area (Å²) in [5.74, 6) is 0.888. The van der Waals surface area contributed by atoms with Gasteiger partial charge in [-0.2, -0.15) is 5.10 Å². The van der Waals surface area contributed by atoms with Crippen molar-refractivity contribution in [1.29, 1.82) is 0 Å². The van der Waals surface area contributed by atoms with E-state index in [1.165, 1.54) is 0 Å². The van der Waals surface area contributed by atoms with E-state index in [0.717, 1.165) is 18.1 Å². The van der Waals surface area contributed by atoms with Crippen molar-refractivity contribution in [2.24, 2.45) is 7.05 Å². The minimum Gasteiger partial charge on any atom is -0.395 e. The van der Waals surface area contributed by atoms with Crippen molar-refractivity contribution in [3.8, 4) is 0 Å². The van der Waals surface area contributed by atoms with Crippen molar-refractivity contribution in [3.63, 3.8) is 0 Å². The number of aliphatic hydroxyl groups excluding tert-OH is 1. The van der Waals surface area contributed by atoms with Crippen molar-refractivity contribution in [2.75, 3.05) is 30.3 Å². The third kappa shape index (κ3) is 1.82. The van der Waals surface area contributed by atoms with Crippen molar-refractivity contribution >= 4 is 11.5 Å². The number of hydrogen-bond acceptors (Lipinski definition) is 4. The fraction of sp³-hybridized carbons (Fsp3) is 0.667. The Bertz CT molecular complexity index is 308. The molecule has 0 saturated heterocycles. The predicted molar refractivity (Wildman–Crippen MR) is 57.3 cm³/mol. The van der Waals surface area contributed by atoms with Gasteiger partial charge in [-0.05, 0) is 13.8 Å². The molecule has 0 bridgehead atoms. The van der Waals surface area contributed by atoms with Gasteiger partial charge in [0.25, 0.3) is 0 Å². The van der Waals surface area contributed by atoms with Crippen molar-refractivity contribution < 1.29 is 5.11 Å². The Morgan fingerprint density at radius 2 is 2.21 bits per heavy atom. The van der Waals surface area contributed by atoms with E-state index in [1.807, 2.05) is 25.8 Å². The van der Waals surface area contributed by atoms with E-state index in [4.69, 9.17) is 10.8 Å². The number of anilines is 2. The number of hydrogen-bond donors (Lipinski definition) is 2. The Morgan fingerprint density at radius 3 is 2.57 bits per heavy atom. The summed E-state index contributed by atoms with van der Waals surface area (Å²) in [4.78, 5) is 2.01. The first-order valence-corrected chi connectivity index (χ1v) is 4.76. The molecule has 0 aliphatic rings. The average Bonchev–Trinajstić information content (AvgIpc) is 2.39. The predicted octanol–water partition coefficient (Wildman–Crippen LogP) is 0.129. The molecule has 3 N–H and O–H groups in total. The summed E-state index contributed by atoms with van der Waals surface area (Å²) in [6.07, 6.45) is 0. The van der Waals surface area contributed by atoms with Gasteiger partial charge >= 0.3 is 0 Å². The van der Waals surface area contributed by atoms with Crippen LogP contribution in [0.15, 0.2) is 0 Å². The summed E-state index contributed by atoms with van der Waals surface area (Å²) >= 11 is 0. The van der Waals surface area contributed by atoms with E-state index < -0.39 is 0 Å². The number of likely N-dealkylation sites (N-methyl/N-ethyl adjacent to an activating group) is 1. The molecule has 80 valence electrons. The van der Waals surface area contributed by atoms with Gasteiger partial charge in [0.1, 0.15) is 5.82 Å². The van der Waals surface area contributed by atoms with Gasteiger partial charge in [-0.3, -0.25) is 4.68 Å². The van der Waals surface area contributed by atoms with Crippen LogP contribution in [0.4, 0.5) is 11.5 Å². The summed E-state index contributed by atoms with van der Waals surface area (Å²) in [7, 11) is 1.86. The van der Waals surface area contributed by atoms with E-state index in [9.17, 15) is 0 Å². The molecule has 1 rings (SSSR count). The molecule has 1 heterocycles. The van der Waals surface area contributed by atoms with Crippen LogP contribution in [0.25, 0.3) is 0 Å². The number of nitrogens with two attached hydrogens (primary N) is 1. The first-order valence-electron chi connectivity index (χ1n) is 4.76. The van der Waals surface area contributed by atoms with E-state index in [2.05, 4.69) is 5.10 Å². The Labute approximate surface area is 84.1 Å². The summed E-state index contributed by atoms with van der Waals surface area (Å²) < 4.78 is 1.75. The lowest BCUT2D eigenvalue weighted by atomic mass is 10.3. The van der Waals surface area contributed by atoms with Crippen LogP contribution < -0.4 is 10.6 Å². The third-order valence-corrected chi connectivity index (χ3v) is 2.29. The third-order valence-electron chi connectivity index (χ3n) is 2.29. The molecule has 1 aromatic heterocycles. The van der Waals surface area contributed by atoms with Crippen LogP contribution in [0, 0.1) is 6.92 Å². The van der Waals surface area contributed by atoms with Gasteiger partial charge in [0.15, 0.2) is 0 Å². The number of rotatable bonds is 4. The van der Waals surface area contributed by atoms with Crippen molar-refractivity contribution in [2.45, 2.75) is 13.8 Å². The Hall–Kier alpha value is -1.23. The zero-order valence-corrected chi connectivity index (χ0v) is 8.99. The zero-order valence-electron chi connectivity index (χ0n) is 8.99. The number of nitrogens with zero attached hydrogens (tertiary/aromatic N) is 3. The lowest BCUT2D eigenvalue weighted by molar-refractivity contribution is 0.301. The minimum atomic E-state index is 0.123. The van der Waals surface area contributed by atoms with Gasteiger partial charge in [-0.15, -0.1) is 0 Å². The molecular weight excluding hydrogens is 180 g/mol. The molecule has 5 nitrogen and oxygen atoms in total. The SMILES string of the molecule is CCN(CCO)c1c(N)c(C)nn1C. The molecule has 0 atom stereocenters. The molecule has 0 unspecified atom stereocenters. The molecule has 0 amide bonds. The van der Waals surface area contributed by atoms with Crippen molar-refractivity contribution in [1.82, 2.24) is 9.78 Å². The molecule has 5 heteroatoms. The summed E-state index contributed by atoms with van der Waals surface area (Å²) in [6.45, 7) is 5.42. The average molecular weight is 198 g/mol. The first-order chi connectivity index (χ1) is 6.61. The van der Waals surface area contributed by atoms with Crippen LogP contribution >= 0.6 is 0 Å². The van der Waals surface area contributed by atoms with Crippen molar-refractivity contribution in [3.05, 3.63) is 5.69 Å². The fourth-order valence-corrected chi connectivity index (χ4v) is 1.57. The monoisotopic (exact) mass is 198 g/mol. The topological polar surface area (TPSA) is 67.3 Å². The maximum atomic E-state index is 8.91. The van der Waals surface area contributed by atoms with Gasteiger partial charge in [-0.1, -0.05) is 0 Å². The Balaban J connectivity index is 3.02. The quantitative estimate of drug-likeness (QED) is 0.721. The standard InChI is InChI=1S/C9H18N4O/c1-4-13(5-6-14)9-8(10)7(2)11-12(9)3/h14H,4-6,10H2,1-3H3. The Kier molecular flexibility index (Phi) is 3.35. The zero-order chi connectivity index (χ0) is 10.7. The summed E-state index contributed by atoms with van der Waals surface area (Å²) in [6, 6.07) is 0. The molecule has 0 aliphatic heterocycles. The van der Waals surface area contributed by atoms with Crippen LogP contribution in [0.2, 0.25) is 0 Å². The van der Waals surface area contributed by atoms with Gasteiger partial charge in [-0.25, -0.2) is 0 Å². The second-order valence-corrected chi connectivity index (χ2v) is 3.25. The lowest BCUT2D eigenvalue weighted by Crippen LogP contribution is -2.28. The van der Waals surface area contributed by atoms with Crippen LogP contribution in [0.3, 0.4) is 0 Å². The second kappa shape index (κ2) is 4.32. The molecular formula is C9H18N4O. The highest BCUT2D eigenvalue weighted by Gasteiger charge is 2.15. The maximum absolute atomic E-state index is 8.91. The largest absolute Gasteiger partial charge is 0.395 e. The molecule has 0 fully saturated rings. The molecule has 0 radical (unpaired) electrons. The highest BCUT2D eigenvalue weighted by Crippen LogP contribution is 2.24. The smallest absolute Gasteiger partial charge is 0.150 e. The van der Waals surface area contributed by atoms with E-state index in [-0.39, 0.29) is 6.61 Å². The molecule has 0 spiro atoms. The maximum Gasteiger partial charge on any atom is 0.150 e. The van der Waals surface area contributed by atoms with Crippen LogP contribution in [-0.4, -0.2) is 34.6 Å². The van der Waals surface area contributed by atoms with Gasteiger partial charge < -0.3 is 15.7 Å². The van der Waals surface area contributed by atoms with Crippen LogP contribution in [0.1, 0.15) is 12.6 Å². The highest BCUT2D eigenvalue weighted by atomic mass is 16.3. The van der Waals surface area contributed by atoms with E-state index >= 15 is 0 Å².